The second-order valence-corrected chi connectivity index (χ2v) is 10.5. The van der Waals surface area contributed by atoms with Gasteiger partial charge in [-0.1, -0.05) is 41.9 Å². The summed E-state index contributed by atoms with van der Waals surface area (Å²) in [6.45, 7) is 5.69. The molecule has 5 rings (SSSR count). The summed E-state index contributed by atoms with van der Waals surface area (Å²) in [7, 11) is 1.61. The Morgan fingerprint density at radius 1 is 1.23 bits per heavy atom. The average Bonchev–Trinajstić information content (AvgIpc) is 2.93. The molecular formula is C26H33ClN9O4+. The minimum absolute atomic E-state index is 0.00780. The van der Waals surface area contributed by atoms with Crippen molar-refractivity contribution in [3.05, 3.63) is 46.7 Å². The van der Waals surface area contributed by atoms with E-state index in [9.17, 15) is 19.5 Å². The second kappa shape index (κ2) is 12.4. The van der Waals surface area contributed by atoms with Gasteiger partial charge in [-0.05, 0) is 18.2 Å². The highest BCUT2D eigenvalue weighted by Crippen LogP contribution is 2.35. The molecule has 3 aliphatic rings. The number of aliphatic imine (C=N–C) groups is 2. The maximum Gasteiger partial charge on any atom is 0.326 e. The molecular weight excluding hydrogens is 538 g/mol. The molecule has 14 heteroatoms. The van der Waals surface area contributed by atoms with E-state index in [1.54, 1.807) is 7.05 Å². The Labute approximate surface area is 236 Å². The van der Waals surface area contributed by atoms with Crippen LogP contribution in [0.15, 0.2) is 40.3 Å². The highest BCUT2D eigenvalue weighted by molar-refractivity contribution is 6.32. The molecule has 0 unspecified atom stereocenters. The van der Waals surface area contributed by atoms with Crippen LogP contribution < -0.4 is 21.7 Å². The number of anilines is 1. The van der Waals surface area contributed by atoms with Crippen LogP contribution in [-0.2, 0) is 16.0 Å². The van der Waals surface area contributed by atoms with Crippen molar-refractivity contribution in [2.45, 2.75) is 31.3 Å². The number of nitrogens with two attached hydrogens (primary N) is 1. The second-order valence-electron chi connectivity index (χ2n) is 10.1. The molecule has 3 saturated heterocycles. The minimum atomic E-state index is -1.08. The van der Waals surface area contributed by atoms with E-state index in [0.29, 0.717) is 11.0 Å². The molecule has 1 aromatic carbocycles. The number of amides is 2. The number of benzene rings is 1. The number of hydrogen-bond donors (Lipinski definition) is 5. The van der Waals surface area contributed by atoms with Gasteiger partial charge in [-0.3, -0.25) is 14.9 Å². The number of guanidine groups is 1. The molecule has 2 atom stereocenters. The molecule has 0 spiro atoms. The third-order valence-corrected chi connectivity index (χ3v) is 7.71. The average molecular weight is 571 g/mol. The Morgan fingerprint density at radius 2 is 1.93 bits per heavy atom. The number of fused-ring (bicyclic) bond motifs is 3. The van der Waals surface area contributed by atoms with Crippen LogP contribution in [0.1, 0.15) is 28.9 Å². The van der Waals surface area contributed by atoms with E-state index in [2.05, 4.69) is 42.6 Å². The monoisotopic (exact) mass is 570 g/mol. The van der Waals surface area contributed by atoms with Crippen LogP contribution in [0.4, 0.5) is 11.6 Å². The summed E-state index contributed by atoms with van der Waals surface area (Å²) in [5.41, 5.74) is 6.79. The summed E-state index contributed by atoms with van der Waals surface area (Å²) in [4.78, 5) is 54.2. The van der Waals surface area contributed by atoms with E-state index in [4.69, 9.17) is 17.3 Å². The van der Waals surface area contributed by atoms with Crippen molar-refractivity contribution < 1.29 is 24.0 Å². The Morgan fingerprint density at radius 3 is 2.55 bits per heavy atom. The van der Waals surface area contributed by atoms with Gasteiger partial charge in [0.05, 0.1) is 13.1 Å². The van der Waals surface area contributed by atoms with Crippen molar-refractivity contribution in [1.82, 2.24) is 20.6 Å². The van der Waals surface area contributed by atoms with Crippen LogP contribution in [0, 0.1) is 5.92 Å². The third kappa shape index (κ3) is 6.72. The van der Waals surface area contributed by atoms with Gasteiger partial charge in [0.1, 0.15) is 18.6 Å². The van der Waals surface area contributed by atoms with Crippen LogP contribution in [-0.4, -0.2) is 95.3 Å². The van der Waals surface area contributed by atoms with Crippen LogP contribution in [0.25, 0.3) is 0 Å². The number of hydrogen-bond acceptors (Lipinski definition) is 8. The van der Waals surface area contributed by atoms with Gasteiger partial charge in [0, 0.05) is 26.3 Å². The van der Waals surface area contributed by atoms with Gasteiger partial charge in [-0.25, -0.2) is 24.7 Å². The number of carbonyl (C=O) groups excluding carboxylic acids is 2. The van der Waals surface area contributed by atoms with Gasteiger partial charge in [0.2, 0.25) is 0 Å². The Bertz CT molecular complexity index is 1310. The topological polar surface area (TPSA) is 184 Å². The maximum atomic E-state index is 13.0. The molecule has 1 aromatic heterocycles. The van der Waals surface area contributed by atoms with Gasteiger partial charge in [0.15, 0.2) is 35.0 Å². The van der Waals surface area contributed by atoms with Gasteiger partial charge in [0.25, 0.3) is 11.8 Å². The van der Waals surface area contributed by atoms with Crippen LogP contribution in [0.2, 0.25) is 5.15 Å². The first-order valence-corrected chi connectivity index (χ1v) is 13.3. The molecule has 6 N–H and O–H groups in total. The van der Waals surface area contributed by atoms with Crippen molar-refractivity contribution in [3.8, 4) is 0 Å². The highest BCUT2D eigenvalue weighted by atomic mass is 35.5. The standard InChI is InChI=1S/C26H32ClN9O4/c1-29-22-20(33-21(27)23(30-2)34-22)24(38)35-26(28)32-18-13-36(10-8-16(18)9-11-36)14-19(37)31-17(25(39)40)12-15-6-4-3-5-7-15/h3-7,16-18H,1,8-14H2,2H3,(H5-,28,30,31,32,34,35,37,38,39,40)/p+1/t16?,17-,18+,36?/m0/s1. The smallest absolute Gasteiger partial charge is 0.326 e. The number of rotatable bonds is 10. The molecule has 2 bridgehead atoms. The van der Waals surface area contributed by atoms with Crippen molar-refractivity contribution in [2.75, 3.05) is 38.5 Å². The maximum absolute atomic E-state index is 13.0. The molecule has 0 saturated carbocycles. The van der Waals surface area contributed by atoms with Crippen molar-refractivity contribution in [1.29, 1.82) is 0 Å². The lowest BCUT2D eigenvalue weighted by molar-refractivity contribution is -0.936. The summed E-state index contributed by atoms with van der Waals surface area (Å²) >= 11 is 6.08. The normalized spacial score (nSPS) is 22.7. The zero-order valence-corrected chi connectivity index (χ0v) is 22.9. The molecule has 3 fully saturated rings. The van der Waals surface area contributed by atoms with Gasteiger partial charge in [-0.15, -0.1) is 0 Å². The molecule has 13 nitrogen and oxygen atoms in total. The Hall–Kier alpha value is -4.10. The molecule has 212 valence electrons. The predicted molar refractivity (Wildman–Crippen MR) is 151 cm³/mol. The molecule has 2 aromatic rings. The van der Waals surface area contributed by atoms with Gasteiger partial charge in [-0.2, -0.15) is 0 Å². The molecule has 0 radical (unpaired) electrons. The number of nitrogens with one attached hydrogen (secondary N) is 3. The van der Waals surface area contributed by atoms with Crippen molar-refractivity contribution >= 4 is 53.7 Å². The fourth-order valence-electron chi connectivity index (χ4n) is 5.43. The first-order chi connectivity index (χ1) is 19.1. The fourth-order valence-corrected chi connectivity index (χ4v) is 5.65. The summed E-state index contributed by atoms with van der Waals surface area (Å²) in [5, 5.41) is 17.6. The molecule has 3 aliphatic heterocycles. The number of aliphatic carboxylic acids is 1. The van der Waals surface area contributed by atoms with E-state index in [0.717, 1.165) is 31.5 Å². The number of carboxylic acid groups (broad SMARTS) is 1. The van der Waals surface area contributed by atoms with E-state index in [1.807, 2.05) is 30.3 Å². The van der Waals surface area contributed by atoms with E-state index < -0.39 is 17.9 Å². The number of carboxylic acids is 1. The zero-order valence-electron chi connectivity index (χ0n) is 22.1. The lowest BCUT2D eigenvalue weighted by atomic mass is 9.82. The first-order valence-electron chi connectivity index (χ1n) is 12.9. The number of halogens is 1. The predicted octanol–water partition coefficient (Wildman–Crippen LogP) is 0.969. The largest absolute Gasteiger partial charge is 0.480 e. The van der Waals surface area contributed by atoms with Gasteiger partial charge < -0.3 is 26.0 Å². The zero-order chi connectivity index (χ0) is 28.9. The quantitative estimate of drug-likeness (QED) is 0.159. The van der Waals surface area contributed by atoms with Crippen LogP contribution in [0.5, 0.6) is 0 Å². The van der Waals surface area contributed by atoms with Gasteiger partial charge >= 0.3 is 5.97 Å². The van der Waals surface area contributed by atoms with Crippen LogP contribution in [0.3, 0.4) is 0 Å². The number of quaternary nitrogens is 1. The van der Waals surface area contributed by atoms with E-state index >= 15 is 0 Å². The third-order valence-electron chi connectivity index (χ3n) is 7.44. The Kier molecular flexibility index (Phi) is 8.95. The summed E-state index contributed by atoms with van der Waals surface area (Å²) in [6, 6.07) is 7.94. The lowest BCUT2D eigenvalue weighted by Crippen LogP contribution is -2.66. The molecule has 4 heterocycles. The van der Waals surface area contributed by atoms with E-state index in [-0.39, 0.29) is 59.3 Å². The highest BCUT2D eigenvalue weighted by Gasteiger charge is 2.47. The van der Waals surface area contributed by atoms with E-state index in [1.165, 1.54) is 0 Å². The lowest BCUT2D eigenvalue weighted by Gasteiger charge is -2.51. The Balaban J connectivity index is 1.41. The number of nitrogens with zero attached hydrogens (tertiary/aromatic N) is 5. The number of aromatic nitrogens is 2. The number of carbonyl (C=O) groups is 3. The molecule has 2 amide bonds. The minimum Gasteiger partial charge on any atom is -0.480 e. The molecule has 0 aliphatic carbocycles. The van der Waals surface area contributed by atoms with Crippen molar-refractivity contribution in [2.24, 2.45) is 21.6 Å². The fraction of sp³-hybridized carbons (Fsp3) is 0.423. The SMILES string of the molecule is C=Nc1nc(NC)c(Cl)nc1C(=O)NC(N)=N[C@@H]1C[N+]2(CC(=O)N[C@@H](Cc3ccccc3)C(=O)O)CCC1CC2. The molecule has 40 heavy (non-hydrogen) atoms. The number of piperidine rings is 3. The summed E-state index contributed by atoms with van der Waals surface area (Å²) in [6.07, 6.45) is 1.88. The van der Waals surface area contributed by atoms with Crippen LogP contribution >= 0.6 is 11.6 Å². The first kappa shape index (κ1) is 28.9. The summed E-state index contributed by atoms with van der Waals surface area (Å²) in [5.74, 6) is -1.67. The van der Waals surface area contributed by atoms with Crippen molar-refractivity contribution in [3.63, 3.8) is 0 Å². The summed E-state index contributed by atoms with van der Waals surface area (Å²) < 4.78 is 0.479.